The first kappa shape index (κ1) is 8.53. The number of carbonyl (C=O) groups is 1. The van der Waals surface area contributed by atoms with Gasteiger partial charge < -0.3 is 4.90 Å². The molecule has 0 bridgehead atoms. The van der Waals surface area contributed by atoms with Gasteiger partial charge in [-0.3, -0.25) is 4.79 Å². The third-order valence-electron chi connectivity index (χ3n) is 1.46. The normalized spacial score (nSPS) is 9.00. The molecule has 0 unspecified atom stereocenters. The summed E-state index contributed by atoms with van der Waals surface area (Å²) in [4.78, 5) is 12.1. The van der Waals surface area contributed by atoms with Crippen LogP contribution in [0.4, 0.5) is 5.69 Å². The summed E-state index contributed by atoms with van der Waals surface area (Å²) in [6, 6.07) is 10.3. The van der Waals surface area contributed by atoms with Gasteiger partial charge >= 0.3 is 0 Å². The molecule has 1 aromatic rings. The Morgan fingerprint density at radius 2 is 2.42 bits per heavy atom. The number of amides is 1. The fourth-order valence-corrected chi connectivity index (χ4v) is 0.900. The first-order valence-electron chi connectivity index (χ1n) is 3.68. The maximum absolute atomic E-state index is 10.6. The average Bonchev–Trinajstić information content (AvgIpc) is 2.15. The second-order valence-corrected chi connectivity index (χ2v) is 2.29. The van der Waals surface area contributed by atoms with Crippen molar-refractivity contribution in [3.05, 3.63) is 43.0 Å². The molecule has 1 radical (unpaired) electrons. The number of anilines is 1. The molecule has 61 valence electrons. The molecule has 1 amide bonds. The van der Waals surface area contributed by atoms with Crippen molar-refractivity contribution in [1.29, 1.82) is 0 Å². The van der Waals surface area contributed by atoms with Crippen LogP contribution < -0.4 is 4.90 Å². The Balaban J connectivity index is 2.79. The molecule has 2 heteroatoms. The molecule has 0 N–H and O–H groups in total. The van der Waals surface area contributed by atoms with Crippen molar-refractivity contribution >= 4 is 12.1 Å². The van der Waals surface area contributed by atoms with Gasteiger partial charge in [0.25, 0.3) is 0 Å². The van der Waals surface area contributed by atoms with Crippen LogP contribution in [0.25, 0.3) is 0 Å². The summed E-state index contributed by atoms with van der Waals surface area (Å²) in [5.41, 5.74) is 0.771. The molecule has 0 aliphatic rings. The summed E-state index contributed by atoms with van der Waals surface area (Å²) in [7, 11) is 0. The smallest absolute Gasteiger partial charge is 0.214 e. The van der Waals surface area contributed by atoms with Crippen molar-refractivity contribution in [2.45, 2.75) is 0 Å². The van der Waals surface area contributed by atoms with Gasteiger partial charge in [-0.05, 0) is 6.07 Å². The number of rotatable bonds is 4. The van der Waals surface area contributed by atoms with Gasteiger partial charge in [0.05, 0.1) is 5.69 Å². The highest BCUT2D eigenvalue weighted by molar-refractivity contribution is 5.74. The van der Waals surface area contributed by atoms with Crippen LogP contribution in [0, 0.1) is 6.07 Å². The van der Waals surface area contributed by atoms with Crippen LogP contribution >= 0.6 is 0 Å². The van der Waals surface area contributed by atoms with E-state index in [9.17, 15) is 4.79 Å². The molecule has 0 fully saturated rings. The largest absolute Gasteiger partial charge is 0.311 e. The predicted molar refractivity (Wildman–Crippen MR) is 48.9 cm³/mol. The van der Waals surface area contributed by atoms with E-state index in [0.29, 0.717) is 6.54 Å². The van der Waals surface area contributed by atoms with Gasteiger partial charge in [-0.1, -0.05) is 24.3 Å². The molecule has 0 aromatic heterocycles. The SMILES string of the molecule is C=CCN(C=O)c1[c]cccc1. The molecule has 2 nitrogen and oxygen atoms in total. The molecular formula is C10H10NO. The van der Waals surface area contributed by atoms with E-state index in [-0.39, 0.29) is 0 Å². The van der Waals surface area contributed by atoms with Crippen molar-refractivity contribution in [1.82, 2.24) is 0 Å². The third-order valence-corrected chi connectivity index (χ3v) is 1.46. The summed E-state index contributed by atoms with van der Waals surface area (Å²) in [5.74, 6) is 0. The maximum Gasteiger partial charge on any atom is 0.214 e. The predicted octanol–water partition coefficient (Wildman–Crippen LogP) is 1.64. The molecule has 0 heterocycles. The highest BCUT2D eigenvalue weighted by Gasteiger charge is 1.99. The zero-order chi connectivity index (χ0) is 8.81. The summed E-state index contributed by atoms with van der Waals surface area (Å²) in [5, 5.41) is 0. The minimum Gasteiger partial charge on any atom is -0.311 e. The van der Waals surface area contributed by atoms with Crippen LogP contribution in [-0.2, 0) is 4.79 Å². The molecule has 1 rings (SSSR count). The number of hydrogen-bond donors (Lipinski definition) is 0. The summed E-state index contributed by atoms with van der Waals surface area (Å²) < 4.78 is 0. The third kappa shape index (κ3) is 1.95. The summed E-state index contributed by atoms with van der Waals surface area (Å²) in [6.45, 7) is 4.08. The number of nitrogens with zero attached hydrogens (tertiary/aromatic N) is 1. The van der Waals surface area contributed by atoms with Gasteiger partial charge in [0, 0.05) is 12.6 Å². The second-order valence-electron chi connectivity index (χ2n) is 2.29. The lowest BCUT2D eigenvalue weighted by molar-refractivity contribution is -0.107. The number of hydrogen-bond acceptors (Lipinski definition) is 1. The standard InChI is InChI=1S/C10H10NO/c1-2-8-11(9-12)10-6-4-3-5-7-10/h2-6,9H,1,8H2. The van der Waals surface area contributed by atoms with Crippen LogP contribution in [0.5, 0.6) is 0 Å². The molecule has 0 saturated carbocycles. The van der Waals surface area contributed by atoms with E-state index in [1.165, 1.54) is 4.90 Å². The van der Waals surface area contributed by atoms with Crippen LogP contribution in [-0.4, -0.2) is 13.0 Å². The highest BCUT2D eigenvalue weighted by atomic mass is 16.1. The van der Waals surface area contributed by atoms with E-state index in [1.54, 1.807) is 12.1 Å². The highest BCUT2D eigenvalue weighted by Crippen LogP contribution is 2.09. The van der Waals surface area contributed by atoms with E-state index in [2.05, 4.69) is 12.6 Å². The Morgan fingerprint density at radius 3 is 2.92 bits per heavy atom. The second kappa shape index (κ2) is 4.34. The zero-order valence-electron chi connectivity index (χ0n) is 6.73. The summed E-state index contributed by atoms with van der Waals surface area (Å²) in [6.07, 6.45) is 2.45. The molecule has 0 aliphatic carbocycles. The van der Waals surface area contributed by atoms with Gasteiger partial charge in [0.15, 0.2) is 0 Å². The van der Waals surface area contributed by atoms with Crippen molar-refractivity contribution in [2.24, 2.45) is 0 Å². The minimum atomic E-state index is 0.518. The molecular weight excluding hydrogens is 150 g/mol. The minimum absolute atomic E-state index is 0.518. The van der Waals surface area contributed by atoms with Gasteiger partial charge in [0.2, 0.25) is 6.41 Å². The monoisotopic (exact) mass is 160 g/mol. The molecule has 0 saturated heterocycles. The Hall–Kier alpha value is -1.57. The van der Waals surface area contributed by atoms with Crippen LogP contribution in [0.2, 0.25) is 0 Å². The van der Waals surface area contributed by atoms with E-state index < -0.39 is 0 Å². The first-order chi connectivity index (χ1) is 5.88. The fourth-order valence-electron chi connectivity index (χ4n) is 0.900. The van der Waals surface area contributed by atoms with Crippen LogP contribution in [0.15, 0.2) is 36.9 Å². The number of carbonyl (C=O) groups excluding carboxylic acids is 1. The van der Waals surface area contributed by atoms with Crippen molar-refractivity contribution in [3.8, 4) is 0 Å². The molecule has 12 heavy (non-hydrogen) atoms. The van der Waals surface area contributed by atoms with Gasteiger partial charge in [-0.2, -0.15) is 0 Å². The fraction of sp³-hybridized carbons (Fsp3) is 0.100. The molecule has 1 aromatic carbocycles. The quantitative estimate of drug-likeness (QED) is 0.484. The Labute approximate surface area is 72.1 Å². The maximum atomic E-state index is 10.6. The molecule has 0 spiro atoms. The van der Waals surface area contributed by atoms with E-state index >= 15 is 0 Å². The van der Waals surface area contributed by atoms with Gasteiger partial charge in [-0.25, -0.2) is 0 Å². The Kier molecular flexibility index (Phi) is 3.08. The van der Waals surface area contributed by atoms with Crippen molar-refractivity contribution < 1.29 is 4.79 Å². The zero-order valence-corrected chi connectivity index (χ0v) is 6.73. The van der Waals surface area contributed by atoms with Gasteiger partial charge in [-0.15, -0.1) is 6.58 Å². The van der Waals surface area contributed by atoms with Crippen molar-refractivity contribution in [3.63, 3.8) is 0 Å². The Bertz CT molecular complexity index is 256. The topological polar surface area (TPSA) is 20.3 Å². The van der Waals surface area contributed by atoms with E-state index in [1.807, 2.05) is 18.2 Å². The number of benzene rings is 1. The van der Waals surface area contributed by atoms with Crippen LogP contribution in [0.3, 0.4) is 0 Å². The van der Waals surface area contributed by atoms with E-state index in [0.717, 1.165) is 12.1 Å². The lowest BCUT2D eigenvalue weighted by atomic mass is 10.3. The summed E-state index contributed by atoms with van der Waals surface area (Å²) >= 11 is 0. The van der Waals surface area contributed by atoms with Gasteiger partial charge in [0.1, 0.15) is 0 Å². The molecule has 0 aliphatic heterocycles. The lowest BCUT2D eigenvalue weighted by Crippen LogP contribution is -2.20. The lowest BCUT2D eigenvalue weighted by Gasteiger charge is -2.13. The Morgan fingerprint density at radius 1 is 1.58 bits per heavy atom. The first-order valence-corrected chi connectivity index (χ1v) is 3.68. The molecule has 0 atom stereocenters. The van der Waals surface area contributed by atoms with Crippen molar-refractivity contribution in [2.75, 3.05) is 11.4 Å². The average molecular weight is 160 g/mol. The van der Waals surface area contributed by atoms with E-state index in [4.69, 9.17) is 0 Å². The number of para-hydroxylation sites is 1. The van der Waals surface area contributed by atoms with Crippen LogP contribution in [0.1, 0.15) is 0 Å².